The van der Waals surface area contributed by atoms with Crippen molar-refractivity contribution in [2.75, 3.05) is 32.8 Å². The summed E-state index contributed by atoms with van der Waals surface area (Å²) in [7, 11) is 0. The highest BCUT2D eigenvalue weighted by Crippen LogP contribution is 2.23. The Balaban J connectivity index is 1.30. The van der Waals surface area contributed by atoms with Crippen LogP contribution in [-0.4, -0.2) is 58.7 Å². The third-order valence-corrected chi connectivity index (χ3v) is 6.21. The van der Waals surface area contributed by atoms with E-state index >= 15 is 0 Å². The van der Waals surface area contributed by atoms with Crippen molar-refractivity contribution in [3.63, 3.8) is 0 Å². The third-order valence-electron chi connectivity index (χ3n) is 6.21. The molecule has 1 aromatic carbocycles. The van der Waals surface area contributed by atoms with Gasteiger partial charge < -0.3 is 9.72 Å². The summed E-state index contributed by atoms with van der Waals surface area (Å²) < 4.78 is 19.8. The van der Waals surface area contributed by atoms with E-state index in [1.807, 2.05) is 25.3 Å². The topological polar surface area (TPSA) is 44.4 Å². The summed E-state index contributed by atoms with van der Waals surface area (Å²) in [5.41, 5.74) is 1.98. The molecule has 2 fully saturated rings. The molecule has 1 aromatic heterocycles. The number of ether oxygens (including phenoxy) is 1. The molecule has 1 atom stereocenters. The van der Waals surface area contributed by atoms with Crippen LogP contribution in [-0.2, 0) is 17.8 Å². The van der Waals surface area contributed by atoms with E-state index in [-0.39, 0.29) is 5.82 Å². The molecule has 0 radical (unpaired) electrons. The van der Waals surface area contributed by atoms with E-state index in [9.17, 15) is 4.39 Å². The Bertz CT molecular complexity index is 766. The third kappa shape index (κ3) is 5.87. The Morgan fingerprint density at radius 2 is 2.03 bits per heavy atom. The number of likely N-dealkylation sites (tertiary alicyclic amines) is 1. The summed E-state index contributed by atoms with van der Waals surface area (Å²) in [6.07, 6.45) is 6.99. The van der Waals surface area contributed by atoms with Crippen LogP contribution in [0, 0.1) is 18.7 Å². The zero-order valence-electron chi connectivity index (χ0n) is 17.4. The SMILES string of the molecule is Cc1ncc(CN(CC2CCN(Cc3ccccc3F)CC2)CC2CCCO2)[nH]1. The second-order valence-corrected chi connectivity index (χ2v) is 8.63. The van der Waals surface area contributed by atoms with E-state index in [1.165, 1.54) is 31.4 Å². The summed E-state index contributed by atoms with van der Waals surface area (Å²) in [5, 5.41) is 0. The largest absolute Gasteiger partial charge is 0.377 e. The van der Waals surface area contributed by atoms with E-state index in [2.05, 4.69) is 19.8 Å². The number of nitrogens with one attached hydrogen (secondary N) is 1. The van der Waals surface area contributed by atoms with Gasteiger partial charge in [-0.1, -0.05) is 18.2 Å². The highest BCUT2D eigenvalue weighted by atomic mass is 19.1. The second-order valence-electron chi connectivity index (χ2n) is 8.63. The Kier molecular flexibility index (Phi) is 6.95. The minimum absolute atomic E-state index is 0.0905. The molecule has 1 N–H and O–H groups in total. The molecule has 0 amide bonds. The van der Waals surface area contributed by atoms with Gasteiger partial charge in [0, 0.05) is 50.2 Å². The van der Waals surface area contributed by atoms with Gasteiger partial charge in [0.05, 0.1) is 6.10 Å². The molecule has 5 nitrogen and oxygen atoms in total. The average molecular weight is 401 g/mol. The molecule has 0 bridgehead atoms. The molecular formula is C23H33FN4O. The van der Waals surface area contributed by atoms with Crippen molar-refractivity contribution in [3.05, 3.63) is 53.4 Å². The van der Waals surface area contributed by atoms with Gasteiger partial charge in [0.15, 0.2) is 0 Å². The second kappa shape index (κ2) is 9.83. The zero-order valence-corrected chi connectivity index (χ0v) is 17.4. The fraction of sp³-hybridized carbons (Fsp3) is 0.609. The number of benzene rings is 1. The number of hydrogen-bond donors (Lipinski definition) is 1. The molecule has 0 aliphatic carbocycles. The van der Waals surface area contributed by atoms with Crippen LogP contribution in [0.5, 0.6) is 0 Å². The molecule has 1 unspecified atom stereocenters. The molecule has 0 saturated carbocycles. The van der Waals surface area contributed by atoms with Crippen molar-refractivity contribution in [1.29, 1.82) is 0 Å². The summed E-state index contributed by atoms with van der Waals surface area (Å²) in [6.45, 7) is 8.67. The van der Waals surface area contributed by atoms with E-state index in [4.69, 9.17) is 4.74 Å². The lowest BCUT2D eigenvalue weighted by molar-refractivity contribution is 0.0565. The number of hydrogen-bond acceptors (Lipinski definition) is 4. The molecule has 4 rings (SSSR count). The van der Waals surface area contributed by atoms with Gasteiger partial charge in [0.2, 0.25) is 0 Å². The van der Waals surface area contributed by atoms with Crippen LogP contribution in [0.1, 0.15) is 42.8 Å². The fourth-order valence-corrected chi connectivity index (χ4v) is 4.63. The van der Waals surface area contributed by atoms with Crippen LogP contribution in [0.3, 0.4) is 0 Å². The van der Waals surface area contributed by atoms with Gasteiger partial charge in [-0.3, -0.25) is 9.80 Å². The summed E-state index contributed by atoms with van der Waals surface area (Å²) in [6, 6.07) is 7.14. The van der Waals surface area contributed by atoms with Crippen molar-refractivity contribution in [3.8, 4) is 0 Å². The summed E-state index contributed by atoms with van der Waals surface area (Å²) in [4.78, 5) is 12.7. The lowest BCUT2D eigenvalue weighted by Gasteiger charge is -2.35. The van der Waals surface area contributed by atoms with Crippen LogP contribution in [0.15, 0.2) is 30.5 Å². The van der Waals surface area contributed by atoms with Crippen LogP contribution in [0.2, 0.25) is 0 Å². The Hall–Kier alpha value is -1.76. The summed E-state index contributed by atoms with van der Waals surface area (Å²) >= 11 is 0. The predicted molar refractivity (Wildman–Crippen MR) is 112 cm³/mol. The van der Waals surface area contributed by atoms with Gasteiger partial charge in [-0.15, -0.1) is 0 Å². The first-order valence-electron chi connectivity index (χ1n) is 11.0. The molecular weight excluding hydrogens is 367 g/mol. The quantitative estimate of drug-likeness (QED) is 0.733. The first kappa shape index (κ1) is 20.5. The summed E-state index contributed by atoms with van der Waals surface area (Å²) in [5.74, 6) is 1.56. The van der Waals surface area contributed by atoms with Gasteiger partial charge in [0.1, 0.15) is 11.6 Å². The van der Waals surface area contributed by atoms with E-state index in [0.29, 0.717) is 18.6 Å². The molecule has 3 heterocycles. The van der Waals surface area contributed by atoms with Crippen molar-refractivity contribution in [2.45, 2.75) is 51.8 Å². The number of aromatic nitrogens is 2. The Labute approximate surface area is 173 Å². The van der Waals surface area contributed by atoms with Crippen molar-refractivity contribution in [2.24, 2.45) is 5.92 Å². The smallest absolute Gasteiger partial charge is 0.127 e. The van der Waals surface area contributed by atoms with E-state index in [1.54, 1.807) is 12.1 Å². The molecule has 2 aliphatic heterocycles. The lowest BCUT2D eigenvalue weighted by atomic mass is 9.95. The highest BCUT2D eigenvalue weighted by molar-refractivity contribution is 5.17. The van der Waals surface area contributed by atoms with E-state index in [0.717, 1.165) is 50.7 Å². The minimum Gasteiger partial charge on any atom is -0.377 e. The molecule has 29 heavy (non-hydrogen) atoms. The monoisotopic (exact) mass is 400 g/mol. The van der Waals surface area contributed by atoms with Crippen molar-refractivity contribution < 1.29 is 9.13 Å². The average Bonchev–Trinajstić information content (AvgIpc) is 3.37. The van der Waals surface area contributed by atoms with Crippen LogP contribution < -0.4 is 0 Å². The fourth-order valence-electron chi connectivity index (χ4n) is 4.63. The first-order valence-corrected chi connectivity index (χ1v) is 11.0. The number of rotatable bonds is 8. The van der Waals surface area contributed by atoms with Gasteiger partial charge >= 0.3 is 0 Å². The van der Waals surface area contributed by atoms with Crippen LogP contribution in [0.25, 0.3) is 0 Å². The number of nitrogens with zero attached hydrogens (tertiary/aromatic N) is 3. The maximum absolute atomic E-state index is 13.9. The number of aryl methyl sites for hydroxylation is 1. The normalized spacial score (nSPS) is 21.3. The van der Waals surface area contributed by atoms with Gasteiger partial charge in [-0.05, 0) is 57.7 Å². The number of piperidine rings is 1. The Morgan fingerprint density at radius 1 is 1.21 bits per heavy atom. The number of imidazole rings is 1. The maximum atomic E-state index is 13.9. The van der Waals surface area contributed by atoms with Gasteiger partial charge in [0.25, 0.3) is 0 Å². The molecule has 6 heteroatoms. The number of H-pyrrole nitrogens is 1. The molecule has 2 aromatic rings. The van der Waals surface area contributed by atoms with E-state index < -0.39 is 0 Å². The first-order chi connectivity index (χ1) is 14.2. The predicted octanol–water partition coefficient (Wildman–Crippen LogP) is 3.75. The molecule has 0 spiro atoms. The lowest BCUT2D eigenvalue weighted by Crippen LogP contribution is -2.40. The molecule has 158 valence electrons. The van der Waals surface area contributed by atoms with Gasteiger partial charge in [-0.25, -0.2) is 9.37 Å². The van der Waals surface area contributed by atoms with Crippen molar-refractivity contribution >= 4 is 0 Å². The van der Waals surface area contributed by atoms with Gasteiger partial charge in [-0.2, -0.15) is 0 Å². The van der Waals surface area contributed by atoms with Crippen molar-refractivity contribution in [1.82, 2.24) is 19.8 Å². The van der Waals surface area contributed by atoms with Crippen LogP contribution >= 0.6 is 0 Å². The molecule has 2 aliphatic rings. The minimum atomic E-state index is -0.0905. The highest BCUT2D eigenvalue weighted by Gasteiger charge is 2.25. The number of aromatic amines is 1. The standard InChI is InChI=1S/C23H33FN4O/c1-18-25-13-21(26-18)16-28(17-22-6-4-12-29-22)14-19-8-10-27(11-9-19)15-20-5-2-3-7-23(20)24/h2-3,5,7,13,19,22H,4,6,8-12,14-17H2,1H3,(H,25,26). The zero-order chi connectivity index (χ0) is 20.1. The number of halogens is 1. The Morgan fingerprint density at radius 3 is 2.72 bits per heavy atom. The molecule has 2 saturated heterocycles. The maximum Gasteiger partial charge on any atom is 0.127 e. The van der Waals surface area contributed by atoms with Crippen LogP contribution in [0.4, 0.5) is 4.39 Å².